The van der Waals surface area contributed by atoms with E-state index >= 15 is 0 Å². The minimum atomic E-state index is -4.59. The summed E-state index contributed by atoms with van der Waals surface area (Å²) in [6.07, 6.45) is 15.6. The molecule has 2 aromatic heterocycles. The number of anilines is 4. The summed E-state index contributed by atoms with van der Waals surface area (Å²) in [7, 11) is -4.59. The average Bonchev–Trinajstić information content (AvgIpc) is 4.13. The fourth-order valence-corrected chi connectivity index (χ4v) is 12.5. The normalized spacial score (nSPS) is 23.0. The van der Waals surface area contributed by atoms with Crippen LogP contribution in [0.25, 0.3) is 11.0 Å². The molecule has 7 heterocycles. The Bertz CT molecular complexity index is 2880. The first-order chi connectivity index (χ1) is 32.6. The van der Waals surface area contributed by atoms with Gasteiger partial charge in [0, 0.05) is 73.8 Å². The van der Waals surface area contributed by atoms with E-state index in [0.717, 1.165) is 87.3 Å². The molecule has 3 atom stereocenters. The lowest BCUT2D eigenvalue weighted by molar-refractivity contribution is -0.384. The predicted molar refractivity (Wildman–Crippen MR) is 253 cm³/mol. The Morgan fingerprint density at radius 3 is 2.60 bits per heavy atom. The van der Waals surface area contributed by atoms with Crippen molar-refractivity contribution in [3.05, 3.63) is 106 Å². The van der Waals surface area contributed by atoms with Crippen LogP contribution in [0, 0.1) is 33.8 Å². The van der Waals surface area contributed by atoms with Crippen LogP contribution in [0.2, 0.25) is 0 Å². The van der Waals surface area contributed by atoms with Gasteiger partial charge in [0.25, 0.3) is 21.6 Å². The fraction of sp³-hybridized carbons (Fsp3) is 0.440. The number of nitrogens with zero attached hydrogens (tertiary/aromatic N) is 5. The average molecular weight is 927 g/mol. The van der Waals surface area contributed by atoms with Crippen LogP contribution in [0.5, 0.6) is 5.88 Å². The lowest BCUT2D eigenvalue weighted by atomic mass is 9.59. The van der Waals surface area contributed by atoms with Crippen molar-refractivity contribution < 1.29 is 32.3 Å². The number of amides is 1. The first-order valence-corrected chi connectivity index (χ1v) is 24.9. The zero-order chi connectivity index (χ0) is 45.9. The number of carbonyl (C=O) groups excluding carboxylic acids is 1. The molecule has 6 aliphatic rings. The summed E-state index contributed by atoms with van der Waals surface area (Å²) < 4.78 is 48.2. The van der Waals surface area contributed by atoms with Crippen molar-refractivity contribution in [3.63, 3.8) is 0 Å². The van der Waals surface area contributed by atoms with E-state index in [2.05, 4.69) is 48.9 Å². The Balaban J connectivity index is 0.869. The second-order valence-electron chi connectivity index (χ2n) is 19.0. The van der Waals surface area contributed by atoms with E-state index in [-0.39, 0.29) is 28.6 Å². The van der Waals surface area contributed by atoms with Gasteiger partial charge in [0.15, 0.2) is 0 Å². The molecule has 1 aliphatic carbocycles. The number of aromatic amines is 1. The number of H-pyrrole nitrogens is 1. The smallest absolute Gasteiger partial charge is 0.293 e. The molecule has 11 rings (SSSR count). The van der Waals surface area contributed by atoms with Crippen LogP contribution >= 0.6 is 0 Å². The Labute approximate surface area is 389 Å². The van der Waals surface area contributed by atoms with Crippen molar-refractivity contribution in [1.29, 1.82) is 0 Å². The van der Waals surface area contributed by atoms with Crippen molar-refractivity contribution in [3.8, 4) is 18.2 Å². The van der Waals surface area contributed by atoms with Crippen LogP contribution in [-0.4, -0.2) is 105 Å². The van der Waals surface area contributed by atoms with E-state index in [9.17, 15) is 23.3 Å². The number of nitro benzene ring substituents is 1. The molecule has 5 aliphatic heterocycles. The fourth-order valence-electron chi connectivity index (χ4n) is 11.5. The maximum absolute atomic E-state index is 14.6. The third-order valence-corrected chi connectivity index (χ3v) is 16.5. The summed E-state index contributed by atoms with van der Waals surface area (Å²) in [5.74, 6) is 2.67. The molecule has 1 amide bonds. The van der Waals surface area contributed by atoms with Crippen molar-refractivity contribution in [2.45, 2.75) is 80.5 Å². The third-order valence-electron chi connectivity index (χ3n) is 15.2. The molecule has 16 nitrogen and oxygen atoms in total. The number of nitro groups is 1. The number of likely N-dealkylation sites (tertiary alicyclic amines) is 1. The molecule has 1 spiro atoms. The van der Waals surface area contributed by atoms with E-state index in [1.54, 1.807) is 12.3 Å². The molecule has 3 aromatic carbocycles. The Hall–Kier alpha value is -6.19. The summed E-state index contributed by atoms with van der Waals surface area (Å²) >= 11 is 0. The summed E-state index contributed by atoms with van der Waals surface area (Å²) in [6, 6.07) is 21.9. The predicted octanol–water partition coefficient (Wildman–Crippen LogP) is 7.29. The van der Waals surface area contributed by atoms with Gasteiger partial charge in [-0.25, -0.2) is 13.1 Å². The zero-order valence-corrected chi connectivity index (χ0v) is 38.0. The summed E-state index contributed by atoms with van der Waals surface area (Å²) in [5.41, 5.74) is 5.06. The molecule has 4 saturated heterocycles. The van der Waals surface area contributed by atoms with Crippen LogP contribution < -0.4 is 24.6 Å². The number of carbonyl (C=O) groups is 1. The summed E-state index contributed by atoms with van der Waals surface area (Å²) in [5, 5.41) is 16.2. The monoisotopic (exact) mass is 926 g/mol. The molecule has 5 fully saturated rings. The Morgan fingerprint density at radius 1 is 0.970 bits per heavy atom. The largest absolute Gasteiger partial charge is 0.468 e. The van der Waals surface area contributed by atoms with E-state index in [1.807, 2.05) is 35.2 Å². The highest BCUT2D eigenvalue weighted by Gasteiger charge is 2.50. The molecular formula is C50H54N8O8S. The van der Waals surface area contributed by atoms with Gasteiger partial charge in [0.1, 0.15) is 23.1 Å². The lowest BCUT2D eigenvalue weighted by Crippen LogP contribution is -2.55. The van der Waals surface area contributed by atoms with Crippen LogP contribution in [0.4, 0.5) is 28.4 Å². The van der Waals surface area contributed by atoms with Gasteiger partial charge in [-0.2, -0.15) is 4.98 Å². The van der Waals surface area contributed by atoms with Gasteiger partial charge < -0.3 is 34.3 Å². The molecule has 1 saturated carbocycles. The SMILES string of the molecule is C#Cc1ccccc1[C@@H]1CCCN1C1CC2(CCN(c3ccc(C(=O)NS(=O)(=O)c4ccc(NCC5CCOCC5)c([N+](=O)[O-])c4)c(N4c5cc6cc[nH]c6nc5O[C@H]5COC[C@@H]54)c3)CC2)C1. The molecule has 3 N–H and O–H groups in total. The van der Waals surface area contributed by atoms with Gasteiger partial charge in [0.2, 0.25) is 5.88 Å². The van der Waals surface area contributed by atoms with Gasteiger partial charge in [-0.15, -0.1) is 6.42 Å². The number of rotatable bonds is 11. The highest BCUT2D eigenvalue weighted by Crippen LogP contribution is 2.54. The van der Waals surface area contributed by atoms with Crippen molar-refractivity contribution in [1.82, 2.24) is 19.6 Å². The number of aromatic nitrogens is 2. The van der Waals surface area contributed by atoms with Crippen molar-refractivity contribution in [2.24, 2.45) is 11.3 Å². The molecular weight excluding hydrogens is 873 g/mol. The van der Waals surface area contributed by atoms with Crippen LogP contribution in [0.3, 0.4) is 0 Å². The Morgan fingerprint density at radius 2 is 1.79 bits per heavy atom. The van der Waals surface area contributed by atoms with Gasteiger partial charge in [0.05, 0.1) is 40.3 Å². The lowest BCUT2D eigenvalue weighted by Gasteiger charge is -2.56. The number of fused-ring (bicyclic) bond motifs is 3. The topological polar surface area (TPSA) is 184 Å². The standard InChI is InChI=1S/C50H54N8O8S/c1-2-33-6-3-4-7-38(33)41-8-5-19-56(41)36-27-50(28-36)16-20-55(21-17-50)35-9-11-39(42(25-35)57-44-24-34-13-18-51-47(34)53-49(44)66-46-31-65-30-45(46)57)48(59)54-67(62,63)37-10-12-40(43(26-37)58(60)61)52-29-32-14-22-64-23-15-32/h1,3-4,6-7,9-13,18,24-26,32,36,41,45-46,52H,5,8,14-17,19-23,27-31H2,(H,51,53)(H,54,59)/t41-,45-,46-/m0/s1. The highest BCUT2D eigenvalue weighted by atomic mass is 32.2. The number of hydrogen-bond acceptors (Lipinski definition) is 13. The number of piperidine rings is 1. The molecule has 5 aromatic rings. The van der Waals surface area contributed by atoms with E-state index in [4.69, 9.17) is 25.6 Å². The summed E-state index contributed by atoms with van der Waals surface area (Å²) in [4.78, 5) is 40.8. The van der Waals surface area contributed by atoms with Gasteiger partial charge >= 0.3 is 0 Å². The number of benzene rings is 3. The van der Waals surface area contributed by atoms with E-state index < -0.39 is 37.5 Å². The second kappa shape index (κ2) is 17.5. The quantitative estimate of drug-likeness (QED) is 0.0682. The minimum Gasteiger partial charge on any atom is -0.468 e. The van der Waals surface area contributed by atoms with Gasteiger partial charge in [-0.05, 0) is 123 Å². The van der Waals surface area contributed by atoms with Gasteiger partial charge in [-0.1, -0.05) is 24.1 Å². The summed E-state index contributed by atoms with van der Waals surface area (Å²) in [6.45, 7) is 5.09. The van der Waals surface area contributed by atoms with Crippen molar-refractivity contribution >= 4 is 55.4 Å². The number of sulfonamides is 1. The van der Waals surface area contributed by atoms with Crippen LogP contribution in [0.15, 0.2) is 83.9 Å². The molecule has 0 bridgehead atoms. The number of ether oxygens (including phenoxy) is 3. The maximum Gasteiger partial charge on any atom is 0.293 e. The van der Waals surface area contributed by atoms with Crippen LogP contribution in [-0.2, 0) is 19.5 Å². The van der Waals surface area contributed by atoms with Crippen molar-refractivity contribution in [2.75, 3.05) is 67.7 Å². The van der Waals surface area contributed by atoms with Gasteiger partial charge in [-0.3, -0.25) is 19.8 Å². The second-order valence-corrected chi connectivity index (χ2v) is 20.7. The first kappa shape index (κ1) is 43.4. The molecule has 67 heavy (non-hydrogen) atoms. The van der Waals surface area contributed by atoms with E-state index in [0.29, 0.717) is 68.0 Å². The number of nitrogens with one attached hydrogen (secondary N) is 3. The first-order valence-electron chi connectivity index (χ1n) is 23.5. The molecule has 0 unspecified atom stereocenters. The number of terminal acetylenes is 1. The molecule has 17 heteroatoms. The van der Waals surface area contributed by atoms with Crippen LogP contribution in [0.1, 0.15) is 78.9 Å². The Kier molecular flexibility index (Phi) is 11.3. The molecule has 0 radical (unpaired) electrons. The maximum atomic E-state index is 14.6. The zero-order valence-electron chi connectivity index (χ0n) is 37.2. The van der Waals surface area contributed by atoms with E-state index in [1.165, 1.54) is 24.1 Å². The number of pyridine rings is 1. The highest BCUT2D eigenvalue weighted by molar-refractivity contribution is 7.90. The molecule has 348 valence electrons. The minimum absolute atomic E-state index is 0.103. The number of hydrogen-bond donors (Lipinski definition) is 3. The third kappa shape index (κ3) is 8.13.